The van der Waals surface area contributed by atoms with E-state index in [1.54, 1.807) is 0 Å². The first-order valence-electron chi connectivity index (χ1n) is 8.22. The second-order valence-electron chi connectivity index (χ2n) is 6.52. The third-order valence-electron chi connectivity index (χ3n) is 4.81. The monoisotopic (exact) mass is 294 g/mol. The minimum absolute atomic E-state index is 0.691. The van der Waals surface area contributed by atoms with Gasteiger partial charge in [0.15, 0.2) is 0 Å². The van der Waals surface area contributed by atoms with Crippen LogP contribution < -0.4 is 0 Å². The van der Waals surface area contributed by atoms with Crippen LogP contribution in [0.5, 0.6) is 0 Å². The Hall–Kier alpha value is -1.64. The number of likely N-dealkylation sites (N-methyl/N-ethyl adjacent to an activating group) is 1. The zero-order chi connectivity index (χ0) is 15.4. The lowest BCUT2D eigenvalue weighted by Crippen LogP contribution is -2.41. The maximum Gasteiger partial charge on any atom is 0.0357 e. The second-order valence-corrected chi connectivity index (χ2v) is 6.52. The molecular formula is C20H26N2. The van der Waals surface area contributed by atoms with Gasteiger partial charge < -0.3 is 4.90 Å². The Kier molecular flexibility index (Phi) is 4.91. The third-order valence-corrected chi connectivity index (χ3v) is 4.81. The van der Waals surface area contributed by atoms with Crippen LogP contribution in [0.2, 0.25) is 0 Å². The molecule has 2 nitrogen and oxygen atoms in total. The highest BCUT2D eigenvalue weighted by Gasteiger charge is 2.25. The molecule has 116 valence electrons. The molecule has 0 N–H and O–H groups in total. The molecule has 2 aromatic carbocycles. The molecule has 2 heterocycles. The fourth-order valence-electron chi connectivity index (χ4n) is 3.25. The van der Waals surface area contributed by atoms with Crippen molar-refractivity contribution in [1.29, 1.82) is 0 Å². The maximum absolute atomic E-state index is 2.38. The van der Waals surface area contributed by atoms with Crippen LogP contribution in [-0.2, 0) is 0 Å². The summed E-state index contributed by atoms with van der Waals surface area (Å²) in [6.07, 6.45) is 1.32. The van der Waals surface area contributed by atoms with Crippen molar-refractivity contribution in [2.24, 2.45) is 0 Å². The van der Waals surface area contributed by atoms with Crippen molar-refractivity contribution in [3.8, 4) is 0 Å². The number of likely N-dealkylation sites (tertiary alicyclic amines) is 2. The maximum atomic E-state index is 2.38. The molecule has 1 unspecified atom stereocenters. The highest BCUT2D eigenvalue weighted by atomic mass is 15.2. The zero-order valence-electron chi connectivity index (χ0n) is 13.7. The van der Waals surface area contributed by atoms with Crippen molar-refractivity contribution >= 4 is 0 Å². The highest BCUT2D eigenvalue weighted by molar-refractivity contribution is 5.22. The molecule has 4 rings (SSSR count). The van der Waals surface area contributed by atoms with Crippen LogP contribution in [0, 0.1) is 0 Å². The van der Waals surface area contributed by atoms with Gasteiger partial charge in [0.05, 0.1) is 0 Å². The van der Waals surface area contributed by atoms with E-state index in [-0.39, 0.29) is 0 Å². The van der Waals surface area contributed by atoms with Gasteiger partial charge >= 0.3 is 0 Å². The van der Waals surface area contributed by atoms with E-state index in [1.807, 2.05) is 0 Å². The minimum atomic E-state index is 0.691. The largest absolute Gasteiger partial charge is 0.305 e. The lowest BCUT2D eigenvalue weighted by atomic mass is 9.92. The smallest absolute Gasteiger partial charge is 0.0357 e. The van der Waals surface area contributed by atoms with E-state index in [1.165, 1.54) is 37.2 Å². The van der Waals surface area contributed by atoms with Crippen molar-refractivity contribution < 1.29 is 0 Å². The van der Waals surface area contributed by atoms with Gasteiger partial charge in [-0.3, -0.25) is 4.90 Å². The van der Waals surface area contributed by atoms with Crippen LogP contribution >= 0.6 is 0 Å². The molecule has 0 aliphatic carbocycles. The SMILES string of the molecule is CN1CC(c2ccccc2)C1.CN1CCC1c1ccccc1. The van der Waals surface area contributed by atoms with Crippen LogP contribution in [0.4, 0.5) is 0 Å². The van der Waals surface area contributed by atoms with Crippen LogP contribution in [0.3, 0.4) is 0 Å². The number of hydrogen-bond donors (Lipinski definition) is 0. The molecule has 2 heteroatoms. The summed E-state index contributed by atoms with van der Waals surface area (Å²) in [7, 11) is 4.35. The summed E-state index contributed by atoms with van der Waals surface area (Å²) in [6.45, 7) is 3.70. The molecule has 2 saturated heterocycles. The number of nitrogens with zero attached hydrogens (tertiary/aromatic N) is 2. The van der Waals surface area contributed by atoms with Gasteiger partial charge in [0, 0.05) is 31.6 Å². The van der Waals surface area contributed by atoms with E-state index in [4.69, 9.17) is 0 Å². The van der Waals surface area contributed by atoms with Crippen LogP contribution in [0.1, 0.15) is 29.5 Å². The van der Waals surface area contributed by atoms with Crippen LogP contribution in [0.15, 0.2) is 60.7 Å². The predicted octanol–water partition coefficient (Wildman–Crippen LogP) is 3.78. The third kappa shape index (κ3) is 3.57. The normalized spacial score (nSPS) is 22.2. The molecular weight excluding hydrogens is 268 g/mol. The first-order chi connectivity index (χ1) is 10.7. The Bertz CT molecular complexity index is 561. The molecule has 2 fully saturated rings. The minimum Gasteiger partial charge on any atom is -0.305 e. The van der Waals surface area contributed by atoms with Gasteiger partial charge in [0.25, 0.3) is 0 Å². The second kappa shape index (κ2) is 7.08. The molecule has 2 aliphatic heterocycles. The molecule has 2 aliphatic rings. The average Bonchev–Trinajstić information content (AvgIpc) is 2.53. The Balaban J connectivity index is 0.000000131. The molecule has 1 atom stereocenters. The lowest BCUT2D eigenvalue weighted by Gasteiger charge is -2.38. The topological polar surface area (TPSA) is 6.48 Å². The molecule has 0 radical (unpaired) electrons. The highest BCUT2D eigenvalue weighted by Crippen LogP contribution is 2.30. The van der Waals surface area contributed by atoms with Crippen molar-refractivity contribution in [2.75, 3.05) is 33.7 Å². The summed E-state index contributed by atoms with van der Waals surface area (Å²) in [5.74, 6) is 0.793. The summed E-state index contributed by atoms with van der Waals surface area (Å²) in [5, 5.41) is 0. The standard InChI is InChI=1S/2C10H13N/c1-11-7-10(8-11)9-5-3-2-4-6-9;1-11-8-7-10(11)9-5-3-2-4-6-9/h2*2-6,10H,7-8H2,1H3. The first-order valence-corrected chi connectivity index (χ1v) is 8.22. The van der Waals surface area contributed by atoms with Crippen molar-refractivity contribution in [1.82, 2.24) is 9.80 Å². The van der Waals surface area contributed by atoms with E-state index in [2.05, 4.69) is 84.6 Å². The molecule has 0 amide bonds. The van der Waals surface area contributed by atoms with Gasteiger partial charge in [0.1, 0.15) is 0 Å². The molecule has 0 bridgehead atoms. The molecule has 0 saturated carbocycles. The average molecular weight is 294 g/mol. The van der Waals surface area contributed by atoms with Gasteiger partial charge in [0.2, 0.25) is 0 Å². The van der Waals surface area contributed by atoms with E-state index >= 15 is 0 Å². The van der Waals surface area contributed by atoms with Gasteiger partial charge in [-0.05, 0) is 31.6 Å². The van der Waals surface area contributed by atoms with E-state index in [9.17, 15) is 0 Å². The summed E-state index contributed by atoms with van der Waals surface area (Å²) < 4.78 is 0. The number of benzene rings is 2. The lowest BCUT2D eigenvalue weighted by molar-refractivity contribution is 0.128. The van der Waals surface area contributed by atoms with E-state index in [0.29, 0.717) is 6.04 Å². The predicted molar refractivity (Wildman–Crippen MR) is 93.1 cm³/mol. The van der Waals surface area contributed by atoms with E-state index < -0.39 is 0 Å². The van der Waals surface area contributed by atoms with Crippen molar-refractivity contribution in [3.63, 3.8) is 0 Å². The quantitative estimate of drug-likeness (QED) is 0.831. The molecule has 22 heavy (non-hydrogen) atoms. The van der Waals surface area contributed by atoms with Crippen LogP contribution in [-0.4, -0.2) is 43.5 Å². The van der Waals surface area contributed by atoms with Gasteiger partial charge in [-0.2, -0.15) is 0 Å². The summed E-state index contributed by atoms with van der Waals surface area (Å²) in [6, 6.07) is 22.2. The summed E-state index contributed by atoms with van der Waals surface area (Å²) in [5.41, 5.74) is 2.95. The van der Waals surface area contributed by atoms with Crippen LogP contribution in [0.25, 0.3) is 0 Å². The number of hydrogen-bond acceptors (Lipinski definition) is 2. The zero-order valence-corrected chi connectivity index (χ0v) is 13.7. The molecule has 0 spiro atoms. The summed E-state index contributed by atoms with van der Waals surface area (Å²) >= 11 is 0. The van der Waals surface area contributed by atoms with Crippen molar-refractivity contribution in [3.05, 3.63) is 71.8 Å². The van der Waals surface area contributed by atoms with Gasteiger partial charge in [-0.1, -0.05) is 60.7 Å². The van der Waals surface area contributed by atoms with Gasteiger partial charge in [-0.15, -0.1) is 0 Å². The molecule has 2 aromatic rings. The fraction of sp³-hybridized carbons (Fsp3) is 0.400. The molecule has 0 aromatic heterocycles. The van der Waals surface area contributed by atoms with E-state index in [0.717, 1.165) is 5.92 Å². The Morgan fingerprint density at radius 3 is 1.73 bits per heavy atom. The Morgan fingerprint density at radius 2 is 1.32 bits per heavy atom. The number of rotatable bonds is 2. The Labute approximate surface area is 134 Å². The summed E-state index contributed by atoms with van der Waals surface area (Å²) in [4.78, 5) is 4.73. The Morgan fingerprint density at radius 1 is 0.773 bits per heavy atom. The van der Waals surface area contributed by atoms with Crippen molar-refractivity contribution in [2.45, 2.75) is 18.4 Å². The first kappa shape index (κ1) is 15.3. The van der Waals surface area contributed by atoms with Gasteiger partial charge in [-0.25, -0.2) is 0 Å². The fourth-order valence-corrected chi connectivity index (χ4v) is 3.25.